The van der Waals surface area contributed by atoms with Gasteiger partial charge in [-0.25, -0.2) is 0 Å². The molecular weight excluding hydrogens is 210 g/mol. The van der Waals surface area contributed by atoms with E-state index in [0.29, 0.717) is 13.2 Å². The van der Waals surface area contributed by atoms with Crippen molar-refractivity contribution in [3.63, 3.8) is 0 Å². The Hall–Kier alpha value is -1.14. The molecule has 94 valence electrons. The largest absolute Gasteiger partial charge is 0.383 e. The van der Waals surface area contributed by atoms with Crippen molar-refractivity contribution in [2.24, 2.45) is 5.73 Å². The lowest BCUT2D eigenvalue weighted by Gasteiger charge is -2.21. The Morgan fingerprint density at radius 3 is 2.44 bits per heavy atom. The third-order valence-electron chi connectivity index (χ3n) is 1.93. The summed E-state index contributed by atoms with van der Waals surface area (Å²) in [4.78, 5) is 22.9. The van der Waals surface area contributed by atoms with Crippen molar-refractivity contribution in [1.29, 1.82) is 0 Å². The number of hydrogen-bond donors (Lipinski definition) is 3. The number of carbonyl (C=O) groups is 2. The molecule has 0 rings (SSSR count). The number of methoxy groups -OCH3 is 1. The Morgan fingerprint density at radius 2 is 2.00 bits per heavy atom. The molecule has 1 atom stereocenters. The first-order chi connectivity index (χ1) is 7.29. The zero-order valence-corrected chi connectivity index (χ0v) is 10.3. The predicted octanol–water partition coefficient (Wildman–Crippen LogP) is -1.01. The molecule has 0 aliphatic carbocycles. The summed E-state index contributed by atoms with van der Waals surface area (Å²) in [5, 5.41) is 5.15. The van der Waals surface area contributed by atoms with Crippen molar-refractivity contribution in [2.45, 2.75) is 32.4 Å². The topological polar surface area (TPSA) is 93.5 Å². The fraction of sp³-hybridized carbons (Fsp3) is 0.800. The first kappa shape index (κ1) is 14.9. The van der Waals surface area contributed by atoms with Gasteiger partial charge in [0.15, 0.2) is 0 Å². The average Bonchev–Trinajstić information content (AvgIpc) is 2.16. The van der Waals surface area contributed by atoms with Gasteiger partial charge in [-0.2, -0.15) is 0 Å². The molecule has 1 unspecified atom stereocenters. The molecule has 0 aromatic heterocycles. The fourth-order valence-corrected chi connectivity index (χ4v) is 0.878. The molecule has 0 heterocycles. The monoisotopic (exact) mass is 231 g/mol. The summed E-state index contributed by atoms with van der Waals surface area (Å²) in [5.74, 6) is -0.614. The van der Waals surface area contributed by atoms with Gasteiger partial charge in [0.05, 0.1) is 12.1 Å². The van der Waals surface area contributed by atoms with Crippen LogP contribution in [0, 0.1) is 0 Å². The van der Waals surface area contributed by atoms with E-state index in [1.54, 1.807) is 27.9 Å². The first-order valence-electron chi connectivity index (χ1n) is 5.15. The normalized spacial score (nSPS) is 13.1. The van der Waals surface area contributed by atoms with Gasteiger partial charge in [0.25, 0.3) is 0 Å². The van der Waals surface area contributed by atoms with Gasteiger partial charge < -0.3 is 21.1 Å². The molecule has 0 aromatic carbocycles. The number of ether oxygens (including phenoxy) is 1. The highest BCUT2D eigenvalue weighted by molar-refractivity contribution is 5.91. The minimum absolute atomic E-state index is 0.255. The van der Waals surface area contributed by atoms with Crippen LogP contribution in [0.2, 0.25) is 0 Å². The van der Waals surface area contributed by atoms with Gasteiger partial charge in [0.1, 0.15) is 6.04 Å². The average molecular weight is 231 g/mol. The van der Waals surface area contributed by atoms with E-state index in [4.69, 9.17) is 10.5 Å². The van der Waals surface area contributed by atoms with Crippen LogP contribution in [0.15, 0.2) is 0 Å². The van der Waals surface area contributed by atoms with E-state index in [2.05, 4.69) is 10.6 Å². The zero-order valence-electron chi connectivity index (χ0n) is 10.3. The van der Waals surface area contributed by atoms with Crippen LogP contribution < -0.4 is 16.4 Å². The Kier molecular flexibility index (Phi) is 5.98. The Morgan fingerprint density at radius 1 is 1.44 bits per heavy atom. The third-order valence-corrected chi connectivity index (χ3v) is 1.93. The van der Waals surface area contributed by atoms with Crippen LogP contribution in [-0.4, -0.2) is 43.7 Å². The molecule has 16 heavy (non-hydrogen) atoms. The van der Waals surface area contributed by atoms with Crippen molar-refractivity contribution < 1.29 is 14.3 Å². The van der Waals surface area contributed by atoms with Crippen molar-refractivity contribution in [1.82, 2.24) is 10.6 Å². The number of rotatable bonds is 6. The molecule has 2 amide bonds. The van der Waals surface area contributed by atoms with Crippen LogP contribution in [0.4, 0.5) is 0 Å². The molecule has 0 radical (unpaired) electrons. The molecule has 4 N–H and O–H groups in total. The van der Waals surface area contributed by atoms with E-state index in [9.17, 15) is 9.59 Å². The van der Waals surface area contributed by atoms with Crippen molar-refractivity contribution in [3.8, 4) is 0 Å². The van der Waals surface area contributed by atoms with Gasteiger partial charge in [-0.15, -0.1) is 0 Å². The summed E-state index contributed by atoms with van der Waals surface area (Å²) < 4.78 is 4.79. The van der Waals surface area contributed by atoms with E-state index < -0.39 is 11.6 Å². The molecule has 0 spiro atoms. The summed E-state index contributed by atoms with van der Waals surface area (Å²) in [7, 11) is 1.55. The number of nitrogens with one attached hydrogen (secondary N) is 2. The van der Waals surface area contributed by atoms with Gasteiger partial charge in [-0.1, -0.05) is 0 Å². The molecule has 6 heteroatoms. The van der Waals surface area contributed by atoms with E-state index in [1.165, 1.54) is 0 Å². The molecular formula is C10H21N3O3. The molecule has 0 bridgehead atoms. The van der Waals surface area contributed by atoms with Crippen molar-refractivity contribution in [3.05, 3.63) is 0 Å². The predicted molar refractivity (Wildman–Crippen MR) is 60.8 cm³/mol. The minimum atomic E-state index is -0.985. The van der Waals surface area contributed by atoms with Crippen molar-refractivity contribution in [2.75, 3.05) is 20.3 Å². The second-order valence-corrected chi connectivity index (χ2v) is 4.20. The summed E-state index contributed by atoms with van der Waals surface area (Å²) in [5.41, 5.74) is 4.60. The highest BCUT2D eigenvalue weighted by atomic mass is 16.5. The summed E-state index contributed by atoms with van der Waals surface area (Å²) in [6, 6.07) is -0.604. The second-order valence-electron chi connectivity index (χ2n) is 4.20. The summed E-state index contributed by atoms with van der Waals surface area (Å²) in [6.45, 7) is 5.62. The van der Waals surface area contributed by atoms with Gasteiger partial charge in [-0.05, 0) is 20.8 Å². The lowest BCUT2D eigenvalue weighted by Crippen LogP contribution is -2.55. The van der Waals surface area contributed by atoms with Gasteiger partial charge in [-0.3, -0.25) is 9.59 Å². The standard InChI is InChI=1S/C10H21N3O3/c1-7(8(14)12-5-6-16-4)13-9(15)10(2,3)11/h7H,5-6,11H2,1-4H3,(H,12,14)(H,13,15). The summed E-state index contributed by atoms with van der Waals surface area (Å²) >= 11 is 0. The maximum atomic E-state index is 11.5. The molecule has 6 nitrogen and oxygen atoms in total. The number of amides is 2. The smallest absolute Gasteiger partial charge is 0.242 e. The maximum absolute atomic E-state index is 11.5. The molecule has 0 saturated heterocycles. The van der Waals surface area contributed by atoms with E-state index in [-0.39, 0.29) is 11.8 Å². The lowest BCUT2D eigenvalue weighted by atomic mass is 10.1. The van der Waals surface area contributed by atoms with Crippen molar-refractivity contribution >= 4 is 11.8 Å². The molecule has 0 saturated carbocycles. The van der Waals surface area contributed by atoms with Crippen LogP contribution in [-0.2, 0) is 14.3 Å². The highest BCUT2D eigenvalue weighted by Gasteiger charge is 2.25. The molecule has 0 fully saturated rings. The number of carbonyl (C=O) groups excluding carboxylic acids is 2. The van der Waals surface area contributed by atoms with Gasteiger partial charge in [0.2, 0.25) is 11.8 Å². The SMILES string of the molecule is COCCNC(=O)C(C)NC(=O)C(C)(C)N. The van der Waals surface area contributed by atoms with Gasteiger partial charge >= 0.3 is 0 Å². The zero-order chi connectivity index (χ0) is 12.8. The third kappa shape index (κ3) is 5.67. The lowest BCUT2D eigenvalue weighted by molar-refractivity contribution is -0.130. The Balaban J connectivity index is 4.01. The molecule has 0 aliphatic heterocycles. The first-order valence-corrected chi connectivity index (χ1v) is 5.15. The molecule has 0 aromatic rings. The quantitative estimate of drug-likeness (QED) is 0.511. The molecule has 0 aliphatic rings. The Labute approximate surface area is 95.9 Å². The number of hydrogen-bond acceptors (Lipinski definition) is 4. The van der Waals surface area contributed by atoms with E-state index in [0.717, 1.165) is 0 Å². The van der Waals surface area contributed by atoms with E-state index >= 15 is 0 Å². The van der Waals surface area contributed by atoms with Crippen LogP contribution in [0.1, 0.15) is 20.8 Å². The summed E-state index contributed by atoms with van der Waals surface area (Å²) in [6.07, 6.45) is 0. The van der Waals surface area contributed by atoms with Crippen LogP contribution in [0.25, 0.3) is 0 Å². The highest BCUT2D eigenvalue weighted by Crippen LogP contribution is 1.97. The number of nitrogens with two attached hydrogens (primary N) is 1. The van der Waals surface area contributed by atoms with Gasteiger partial charge in [0, 0.05) is 13.7 Å². The van der Waals surface area contributed by atoms with Crippen LogP contribution in [0.3, 0.4) is 0 Å². The fourth-order valence-electron chi connectivity index (χ4n) is 0.878. The van der Waals surface area contributed by atoms with Crippen LogP contribution in [0.5, 0.6) is 0 Å². The Bertz CT molecular complexity index is 248. The van der Waals surface area contributed by atoms with Crippen LogP contribution >= 0.6 is 0 Å². The second kappa shape index (κ2) is 6.44. The van der Waals surface area contributed by atoms with E-state index in [1.807, 2.05) is 0 Å². The maximum Gasteiger partial charge on any atom is 0.242 e. The minimum Gasteiger partial charge on any atom is -0.383 e.